The number of carbonyl (C=O) groups excluding carboxylic acids is 2. The molecular formula is C22H33BrN4O5. The van der Waals surface area contributed by atoms with Crippen LogP contribution in [0.5, 0.6) is 0 Å². The van der Waals surface area contributed by atoms with E-state index in [9.17, 15) is 14.4 Å². The molecule has 1 saturated heterocycles. The Bertz CT molecular complexity index is 741. The summed E-state index contributed by atoms with van der Waals surface area (Å²) in [5.41, 5.74) is 6.45. The van der Waals surface area contributed by atoms with Crippen molar-refractivity contribution in [2.24, 2.45) is 5.73 Å². The summed E-state index contributed by atoms with van der Waals surface area (Å²) in [5, 5.41) is 14.6. The Morgan fingerprint density at radius 2 is 1.81 bits per heavy atom. The van der Waals surface area contributed by atoms with Gasteiger partial charge in [0.05, 0.1) is 13.2 Å². The number of amides is 3. The van der Waals surface area contributed by atoms with Crippen molar-refractivity contribution in [3.05, 3.63) is 48.0 Å². The van der Waals surface area contributed by atoms with Crippen molar-refractivity contribution in [1.29, 1.82) is 0 Å². The van der Waals surface area contributed by atoms with E-state index in [4.69, 9.17) is 15.6 Å². The number of nitrogens with two attached hydrogens (primary N) is 1. The number of hydrogen-bond donors (Lipinski definition) is 4. The van der Waals surface area contributed by atoms with E-state index < -0.39 is 18.1 Å². The molecule has 32 heavy (non-hydrogen) atoms. The molecule has 178 valence electrons. The van der Waals surface area contributed by atoms with Gasteiger partial charge in [-0.2, -0.15) is 0 Å². The Labute approximate surface area is 199 Å². The lowest BCUT2D eigenvalue weighted by Crippen LogP contribution is -2.55. The Hall–Kier alpha value is -2.43. The second kappa shape index (κ2) is 15.4. The lowest BCUT2D eigenvalue weighted by molar-refractivity contribution is -0.131. The Morgan fingerprint density at radius 1 is 1.12 bits per heavy atom. The van der Waals surface area contributed by atoms with Gasteiger partial charge in [-0.05, 0) is 31.4 Å². The standard InChI is InChI=1S/C22H32N4O5.BrH/c23-11-5-4-8-18(9-10-20(27)28)24-21(29)19(16-17-6-2-1-3-7-17)25-22(30)26-12-14-31-15-13-26;/h1-3,6-7,9-10,18-19H,4-5,8,11-16,23H2,(H,24,29)(H,25,30)(H,27,28);1H/t18?,19-;/m0./s1. The van der Waals surface area contributed by atoms with Crippen LogP contribution < -0.4 is 16.4 Å². The number of hydrogen-bond acceptors (Lipinski definition) is 5. The fourth-order valence-electron chi connectivity index (χ4n) is 3.27. The highest BCUT2D eigenvalue weighted by Crippen LogP contribution is 2.08. The molecule has 0 aromatic heterocycles. The van der Waals surface area contributed by atoms with Gasteiger partial charge < -0.3 is 31.1 Å². The molecule has 1 aliphatic heterocycles. The van der Waals surface area contributed by atoms with Gasteiger partial charge in [0.2, 0.25) is 5.91 Å². The minimum Gasteiger partial charge on any atom is -0.478 e. The molecule has 0 bridgehead atoms. The van der Waals surface area contributed by atoms with Gasteiger partial charge in [-0.25, -0.2) is 9.59 Å². The van der Waals surface area contributed by atoms with Crippen molar-refractivity contribution in [3.63, 3.8) is 0 Å². The number of halogens is 1. The fraction of sp³-hybridized carbons (Fsp3) is 0.500. The van der Waals surface area contributed by atoms with E-state index in [1.165, 1.54) is 6.08 Å². The molecule has 1 heterocycles. The van der Waals surface area contributed by atoms with Gasteiger partial charge in [0.1, 0.15) is 6.04 Å². The third-order valence-corrected chi connectivity index (χ3v) is 4.96. The van der Waals surface area contributed by atoms with Crippen LogP contribution in [-0.4, -0.2) is 72.8 Å². The van der Waals surface area contributed by atoms with Gasteiger partial charge in [0, 0.05) is 31.6 Å². The van der Waals surface area contributed by atoms with Crippen LogP contribution in [-0.2, 0) is 20.7 Å². The summed E-state index contributed by atoms with van der Waals surface area (Å²) in [6.07, 6.45) is 4.87. The number of carboxylic acids is 1. The molecule has 1 aliphatic rings. The maximum atomic E-state index is 13.1. The third kappa shape index (κ3) is 10.3. The van der Waals surface area contributed by atoms with E-state index in [0.717, 1.165) is 24.5 Å². The van der Waals surface area contributed by atoms with Crippen molar-refractivity contribution >= 4 is 34.9 Å². The number of morpholine rings is 1. The van der Waals surface area contributed by atoms with E-state index in [-0.39, 0.29) is 28.9 Å². The number of rotatable bonds is 11. The second-order valence-electron chi connectivity index (χ2n) is 7.39. The van der Waals surface area contributed by atoms with Gasteiger partial charge in [-0.1, -0.05) is 36.4 Å². The minimum atomic E-state index is -1.08. The molecular weight excluding hydrogens is 480 g/mol. The summed E-state index contributed by atoms with van der Waals surface area (Å²) in [5.74, 6) is -1.45. The molecule has 1 unspecified atom stereocenters. The van der Waals surface area contributed by atoms with E-state index >= 15 is 0 Å². The van der Waals surface area contributed by atoms with Crippen molar-refractivity contribution in [2.75, 3.05) is 32.8 Å². The van der Waals surface area contributed by atoms with Crippen LogP contribution in [0.2, 0.25) is 0 Å². The highest BCUT2D eigenvalue weighted by Gasteiger charge is 2.26. The number of carboxylic acid groups (broad SMARTS) is 1. The van der Waals surface area contributed by atoms with Crippen molar-refractivity contribution in [2.45, 2.75) is 37.8 Å². The average Bonchev–Trinajstić information content (AvgIpc) is 2.78. The van der Waals surface area contributed by atoms with E-state index in [2.05, 4.69) is 10.6 Å². The molecule has 2 atom stereocenters. The molecule has 1 aromatic rings. The Morgan fingerprint density at radius 3 is 2.44 bits per heavy atom. The Kier molecular flexibility index (Phi) is 13.3. The molecule has 2 rings (SSSR count). The van der Waals surface area contributed by atoms with Crippen LogP contribution in [0.3, 0.4) is 0 Å². The molecule has 10 heteroatoms. The number of aliphatic carboxylic acids is 1. The first-order chi connectivity index (χ1) is 15.0. The number of urea groups is 1. The van der Waals surface area contributed by atoms with Crippen LogP contribution in [0.15, 0.2) is 42.5 Å². The molecule has 0 saturated carbocycles. The maximum absolute atomic E-state index is 13.1. The summed E-state index contributed by atoms with van der Waals surface area (Å²) in [6, 6.07) is 7.84. The van der Waals surface area contributed by atoms with E-state index in [1.807, 2.05) is 30.3 Å². The van der Waals surface area contributed by atoms with Crippen LogP contribution in [0.4, 0.5) is 4.79 Å². The second-order valence-corrected chi connectivity index (χ2v) is 7.39. The molecule has 0 radical (unpaired) electrons. The van der Waals surface area contributed by atoms with Gasteiger partial charge in [0.15, 0.2) is 0 Å². The lowest BCUT2D eigenvalue weighted by Gasteiger charge is -2.29. The first kappa shape index (κ1) is 27.6. The number of ether oxygens (including phenoxy) is 1. The molecule has 9 nitrogen and oxygen atoms in total. The molecule has 0 spiro atoms. The van der Waals surface area contributed by atoms with Crippen LogP contribution >= 0.6 is 17.0 Å². The third-order valence-electron chi connectivity index (χ3n) is 4.96. The normalized spacial score (nSPS) is 15.5. The zero-order valence-electron chi connectivity index (χ0n) is 18.1. The monoisotopic (exact) mass is 512 g/mol. The first-order valence-corrected chi connectivity index (χ1v) is 10.6. The van der Waals surface area contributed by atoms with Crippen molar-refractivity contribution < 1.29 is 24.2 Å². The summed E-state index contributed by atoms with van der Waals surface area (Å²) in [7, 11) is 0. The molecule has 0 aliphatic carbocycles. The quantitative estimate of drug-likeness (QED) is 0.262. The summed E-state index contributed by atoms with van der Waals surface area (Å²) in [6.45, 7) is 2.39. The number of carbonyl (C=O) groups is 3. The van der Waals surface area contributed by atoms with Crippen LogP contribution in [0.1, 0.15) is 24.8 Å². The topological polar surface area (TPSA) is 134 Å². The average molecular weight is 513 g/mol. The maximum Gasteiger partial charge on any atom is 0.328 e. The largest absolute Gasteiger partial charge is 0.478 e. The molecule has 1 aromatic carbocycles. The molecule has 3 amide bonds. The molecule has 1 fully saturated rings. The smallest absolute Gasteiger partial charge is 0.328 e. The summed E-state index contributed by atoms with van der Waals surface area (Å²) < 4.78 is 5.28. The van der Waals surface area contributed by atoms with Crippen LogP contribution in [0, 0.1) is 0 Å². The van der Waals surface area contributed by atoms with Gasteiger partial charge in [-0.3, -0.25) is 4.79 Å². The van der Waals surface area contributed by atoms with Gasteiger partial charge >= 0.3 is 12.0 Å². The number of nitrogens with zero attached hydrogens (tertiary/aromatic N) is 1. The fourth-order valence-corrected chi connectivity index (χ4v) is 3.27. The zero-order valence-corrected chi connectivity index (χ0v) is 19.8. The van der Waals surface area contributed by atoms with Crippen molar-refractivity contribution in [1.82, 2.24) is 15.5 Å². The summed E-state index contributed by atoms with van der Waals surface area (Å²) in [4.78, 5) is 38.3. The Balaban J connectivity index is 0.00000512. The van der Waals surface area contributed by atoms with E-state index in [0.29, 0.717) is 45.7 Å². The van der Waals surface area contributed by atoms with E-state index in [1.54, 1.807) is 4.90 Å². The lowest BCUT2D eigenvalue weighted by atomic mass is 10.0. The highest BCUT2D eigenvalue weighted by molar-refractivity contribution is 8.93. The first-order valence-electron chi connectivity index (χ1n) is 10.6. The number of nitrogens with one attached hydrogen (secondary N) is 2. The SMILES string of the molecule is Br.NCCCCC(C=CC(=O)O)NC(=O)[C@H](Cc1ccccc1)NC(=O)N1CCOCC1. The highest BCUT2D eigenvalue weighted by atomic mass is 79.9. The number of benzene rings is 1. The summed E-state index contributed by atoms with van der Waals surface area (Å²) >= 11 is 0. The predicted octanol–water partition coefficient (Wildman–Crippen LogP) is 1.47. The van der Waals surface area contributed by atoms with Gasteiger partial charge in [-0.15, -0.1) is 17.0 Å². The van der Waals surface area contributed by atoms with Gasteiger partial charge in [0.25, 0.3) is 0 Å². The van der Waals surface area contributed by atoms with Crippen LogP contribution in [0.25, 0.3) is 0 Å². The van der Waals surface area contributed by atoms with Crippen molar-refractivity contribution in [3.8, 4) is 0 Å². The zero-order chi connectivity index (χ0) is 22.5. The number of unbranched alkanes of at least 4 members (excludes halogenated alkanes) is 1. The minimum absolute atomic E-state index is 0. The molecule has 5 N–H and O–H groups in total. The predicted molar refractivity (Wildman–Crippen MR) is 127 cm³/mol.